The molecule has 0 heterocycles. The summed E-state index contributed by atoms with van der Waals surface area (Å²) >= 11 is 5.63. The van der Waals surface area contributed by atoms with Gasteiger partial charge in [-0.2, -0.15) is 0 Å². The van der Waals surface area contributed by atoms with E-state index in [0.29, 0.717) is 5.69 Å². The Labute approximate surface area is 102 Å². The van der Waals surface area contributed by atoms with Gasteiger partial charge in [-0.05, 0) is 18.2 Å². The number of rotatable bonds is 4. The second-order valence-electron chi connectivity index (χ2n) is 3.36. The topological polar surface area (TPSA) is 113 Å². The Bertz CT molecular complexity index is 450. The van der Waals surface area contributed by atoms with Crippen LogP contribution in [0.4, 0.5) is 5.69 Å². The standard InChI is InChI=1S/C10H11ClN2O4/c11-6-3-5(1-2-8(6)14)13-10(17)7(12)4-9(15)16/h1-3,7,14H,4,12H2,(H,13,17)(H,15,16). The molecule has 0 saturated heterocycles. The molecular formula is C10H11ClN2O4. The van der Waals surface area contributed by atoms with Crippen molar-refractivity contribution >= 4 is 29.2 Å². The fourth-order valence-electron chi connectivity index (χ4n) is 1.10. The van der Waals surface area contributed by atoms with Crippen LogP contribution >= 0.6 is 11.6 Å². The van der Waals surface area contributed by atoms with E-state index in [2.05, 4.69) is 5.32 Å². The van der Waals surface area contributed by atoms with Crippen LogP contribution < -0.4 is 11.1 Å². The molecule has 0 fully saturated rings. The van der Waals surface area contributed by atoms with Crippen molar-refractivity contribution in [1.29, 1.82) is 0 Å². The van der Waals surface area contributed by atoms with Crippen molar-refractivity contribution in [3.05, 3.63) is 23.2 Å². The maximum absolute atomic E-state index is 11.4. The lowest BCUT2D eigenvalue weighted by Crippen LogP contribution is -2.37. The number of carboxylic acids is 1. The maximum atomic E-state index is 11.4. The molecular weight excluding hydrogens is 248 g/mol. The van der Waals surface area contributed by atoms with Crippen molar-refractivity contribution in [3.8, 4) is 5.75 Å². The van der Waals surface area contributed by atoms with Gasteiger partial charge in [0.05, 0.1) is 17.5 Å². The lowest BCUT2D eigenvalue weighted by Gasteiger charge is -2.10. The SMILES string of the molecule is NC(CC(=O)O)C(=O)Nc1ccc(O)c(Cl)c1. The van der Waals surface area contributed by atoms with Gasteiger partial charge in [0.15, 0.2) is 0 Å². The normalized spacial score (nSPS) is 11.9. The van der Waals surface area contributed by atoms with Gasteiger partial charge in [-0.15, -0.1) is 0 Å². The van der Waals surface area contributed by atoms with Crippen molar-refractivity contribution < 1.29 is 19.8 Å². The molecule has 17 heavy (non-hydrogen) atoms. The molecule has 1 atom stereocenters. The molecule has 0 bridgehead atoms. The minimum Gasteiger partial charge on any atom is -0.506 e. The third-order valence-corrected chi connectivity index (χ3v) is 2.25. The summed E-state index contributed by atoms with van der Waals surface area (Å²) in [5, 5.41) is 20.1. The van der Waals surface area contributed by atoms with Crippen molar-refractivity contribution in [2.75, 3.05) is 5.32 Å². The number of benzene rings is 1. The zero-order chi connectivity index (χ0) is 13.0. The lowest BCUT2D eigenvalue weighted by atomic mass is 10.2. The number of carboxylic acid groups (broad SMARTS) is 1. The smallest absolute Gasteiger partial charge is 0.305 e. The van der Waals surface area contributed by atoms with Crippen LogP contribution in [-0.4, -0.2) is 28.1 Å². The van der Waals surface area contributed by atoms with E-state index in [1.54, 1.807) is 0 Å². The zero-order valence-electron chi connectivity index (χ0n) is 8.68. The number of anilines is 1. The molecule has 92 valence electrons. The Balaban J connectivity index is 2.67. The molecule has 5 N–H and O–H groups in total. The average Bonchev–Trinajstić information content (AvgIpc) is 2.22. The zero-order valence-corrected chi connectivity index (χ0v) is 9.44. The van der Waals surface area contributed by atoms with Gasteiger partial charge in [0.2, 0.25) is 5.91 Å². The molecule has 1 aromatic rings. The Morgan fingerprint density at radius 3 is 2.65 bits per heavy atom. The van der Waals surface area contributed by atoms with Crippen LogP contribution in [0.1, 0.15) is 6.42 Å². The number of nitrogens with two attached hydrogens (primary N) is 1. The van der Waals surface area contributed by atoms with Crippen LogP contribution in [0, 0.1) is 0 Å². The minimum absolute atomic E-state index is 0.0783. The predicted octanol–water partition coefficient (Wildman–Crippen LogP) is 0.786. The molecule has 0 aliphatic carbocycles. The van der Waals surface area contributed by atoms with Crippen LogP contribution in [0.5, 0.6) is 5.75 Å². The Morgan fingerprint density at radius 2 is 2.12 bits per heavy atom. The number of phenols is 1. The first-order valence-electron chi connectivity index (χ1n) is 4.67. The number of nitrogens with one attached hydrogen (secondary N) is 1. The van der Waals surface area contributed by atoms with Gasteiger partial charge in [0.1, 0.15) is 5.75 Å². The van der Waals surface area contributed by atoms with E-state index in [1.807, 2.05) is 0 Å². The second-order valence-corrected chi connectivity index (χ2v) is 3.77. The van der Waals surface area contributed by atoms with Gasteiger partial charge < -0.3 is 21.3 Å². The summed E-state index contributed by atoms with van der Waals surface area (Å²) in [4.78, 5) is 21.8. The van der Waals surface area contributed by atoms with Crippen molar-refractivity contribution in [2.45, 2.75) is 12.5 Å². The van der Waals surface area contributed by atoms with E-state index in [1.165, 1.54) is 18.2 Å². The average molecular weight is 259 g/mol. The van der Waals surface area contributed by atoms with Gasteiger partial charge in [-0.3, -0.25) is 9.59 Å². The number of amides is 1. The van der Waals surface area contributed by atoms with Crippen LogP contribution in [0.3, 0.4) is 0 Å². The molecule has 0 aliphatic rings. The number of aliphatic carboxylic acids is 1. The molecule has 0 spiro atoms. The maximum Gasteiger partial charge on any atom is 0.305 e. The fraction of sp³-hybridized carbons (Fsp3) is 0.200. The highest BCUT2D eigenvalue weighted by Gasteiger charge is 2.17. The van der Waals surface area contributed by atoms with E-state index in [4.69, 9.17) is 27.5 Å². The first kappa shape index (κ1) is 13.3. The Morgan fingerprint density at radius 1 is 1.47 bits per heavy atom. The number of phenolic OH excluding ortho intramolecular Hbond substituents is 1. The van der Waals surface area contributed by atoms with E-state index in [-0.39, 0.29) is 10.8 Å². The molecule has 0 radical (unpaired) electrons. The monoisotopic (exact) mass is 258 g/mol. The van der Waals surface area contributed by atoms with Gasteiger partial charge in [0.25, 0.3) is 0 Å². The van der Waals surface area contributed by atoms with E-state index in [0.717, 1.165) is 0 Å². The summed E-state index contributed by atoms with van der Waals surface area (Å²) in [6, 6.07) is 2.93. The van der Waals surface area contributed by atoms with Gasteiger partial charge >= 0.3 is 5.97 Å². The molecule has 0 aliphatic heterocycles. The molecule has 1 aromatic carbocycles. The highest BCUT2D eigenvalue weighted by molar-refractivity contribution is 6.32. The van der Waals surface area contributed by atoms with Gasteiger partial charge in [-0.1, -0.05) is 11.6 Å². The van der Waals surface area contributed by atoms with E-state index >= 15 is 0 Å². The number of aromatic hydroxyl groups is 1. The van der Waals surface area contributed by atoms with Crippen LogP contribution in [0.25, 0.3) is 0 Å². The van der Waals surface area contributed by atoms with E-state index in [9.17, 15) is 9.59 Å². The van der Waals surface area contributed by atoms with Crippen LogP contribution in [-0.2, 0) is 9.59 Å². The fourth-order valence-corrected chi connectivity index (χ4v) is 1.28. The molecule has 6 nitrogen and oxygen atoms in total. The molecule has 1 rings (SSSR count). The highest BCUT2D eigenvalue weighted by Crippen LogP contribution is 2.26. The number of carbonyl (C=O) groups is 2. The molecule has 1 amide bonds. The summed E-state index contributed by atoms with van der Waals surface area (Å²) in [5.74, 6) is -1.90. The molecule has 0 aromatic heterocycles. The van der Waals surface area contributed by atoms with Crippen LogP contribution in [0.2, 0.25) is 5.02 Å². The Kier molecular flexibility index (Phi) is 4.30. The summed E-state index contributed by atoms with van der Waals surface area (Å²) in [7, 11) is 0. The third kappa shape index (κ3) is 3.93. The van der Waals surface area contributed by atoms with Crippen molar-refractivity contribution in [3.63, 3.8) is 0 Å². The number of carbonyl (C=O) groups excluding carboxylic acids is 1. The summed E-state index contributed by atoms with van der Waals surface area (Å²) in [6.45, 7) is 0. The number of hydrogen-bond acceptors (Lipinski definition) is 4. The quantitative estimate of drug-likeness (QED) is 0.596. The first-order chi connectivity index (χ1) is 7.90. The van der Waals surface area contributed by atoms with Crippen molar-refractivity contribution in [2.24, 2.45) is 5.73 Å². The van der Waals surface area contributed by atoms with Crippen LogP contribution in [0.15, 0.2) is 18.2 Å². The highest BCUT2D eigenvalue weighted by atomic mass is 35.5. The Hall–Kier alpha value is -1.79. The molecule has 7 heteroatoms. The summed E-state index contributed by atoms with van der Waals surface area (Å²) in [5.41, 5.74) is 5.69. The second kappa shape index (κ2) is 5.51. The van der Waals surface area contributed by atoms with Crippen molar-refractivity contribution in [1.82, 2.24) is 0 Å². The predicted molar refractivity (Wildman–Crippen MR) is 62.0 cm³/mol. The third-order valence-electron chi connectivity index (χ3n) is 1.95. The summed E-state index contributed by atoms with van der Waals surface area (Å²) in [6.07, 6.45) is -0.461. The lowest BCUT2D eigenvalue weighted by molar-refractivity contribution is -0.138. The van der Waals surface area contributed by atoms with Gasteiger partial charge in [0, 0.05) is 5.69 Å². The van der Waals surface area contributed by atoms with Gasteiger partial charge in [-0.25, -0.2) is 0 Å². The number of hydrogen-bond donors (Lipinski definition) is 4. The largest absolute Gasteiger partial charge is 0.506 e. The van der Waals surface area contributed by atoms with E-state index < -0.39 is 24.3 Å². The minimum atomic E-state index is -1.16. The molecule has 0 saturated carbocycles. The number of halogens is 1. The molecule has 1 unspecified atom stereocenters. The first-order valence-corrected chi connectivity index (χ1v) is 5.04. The summed E-state index contributed by atoms with van der Waals surface area (Å²) < 4.78 is 0.